The molecule has 0 fully saturated rings. The summed E-state index contributed by atoms with van der Waals surface area (Å²) in [6, 6.07) is 11.4. The van der Waals surface area contributed by atoms with E-state index < -0.39 is 0 Å². The minimum Gasteiger partial charge on any atom is -0.485 e. The Morgan fingerprint density at radius 1 is 1.22 bits per heavy atom. The summed E-state index contributed by atoms with van der Waals surface area (Å²) in [5.74, 6) is 0.583. The molecular formula is C17H14N4O2. The Morgan fingerprint density at radius 2 is 2.04 bits per heavy atom. The van der Waals surface area contributed by atoms with Gasteiger partial charge in [-0.2, -0.15) is 0 Å². The van der Waals surface area contributed by atoms with Crippen LogP contribution in [0, 0.1) is 0 Å². The molecule has 0 unspecified atom stereocenters. The number of nitrogens with one attached hydrogen (secondary N) is 1. The molecule has 0 saturated carbocycles. The van der Waals surface area contributed by atoms with Crippen LogP contribution in [0.4, 0.5) is 0 Å². The van der Waals surface area contributed by atoms with Crippen LogP contribution in [0.2, 0.25) is 0 Å². The van der Waals surface area contributed by atoms with Gasteiger partial charge in [-0.25, -0.2) is 4.98 Å². The van der Waals surface area contributed by atoms with Gasteiger partial charge in [0.15, 0.2) is 5.69 Å². The number of amides is 1. The molecule has 1 aliphatic rings. The van der Waals surface area contributed by atoms with E-state index in [1.54, 1.807) is 18.7 Å². The summed E-state index contributed by atoms with van der Waals surface area (Å²) in [6.45, 7) is 0.764. The van der Waals surface area contributed by atoms with Crippen molar-refractivity contribution in [2.75, 3.05) is 0 Å². The molecule has 1 N–H and O–H groups in total. The van der Waals surface area contributed by atoms with Gasteiger partial charge in [0.05, 0.1) is 11.4 Å². The summed E-state index contributed by atoms with van der Waals surface area (Å²) in [5.41, 5.74) is 3.04. The van der Waals surface area contributed by atoms with Crippen molar-refractivity contribution in [2.24, 2.45) is 0 Å². The van der Waals surface area contributed by atoms with E-state index in [1.165, 1.54) is 0 Å². The predicted molar refractivity (Wildman–Crippen MR) is 83.3 cm³/mol. The van der Waals surface area contributed by atoms with E-state index in [0.717, 1.165) is 22.7 Å². The monoisotopic (exact) mass is 306 g/mol. The number of para-hydroxylation sites is 2. The van der Waals surface area contributed by atoms with Gasteiger partial charge in [0.2, 0.25) is 0 Å². The van der Waals surface area contributed by atoms with E-state index in [2.05, 4.69) is 15.3 Å². The molecule has 3 heterocycles. The average molecular weight is 306 g/mol. The molecular weight excluding hydrogens is 292 g/mol. The lowest BCUT2D eigenvalue weighted by molar-refractivity contribution is 0.0943. The first-order chi connectivity index (χ1) is 11.3. The second kappa shape index (κ2) is 5.57. The van der Waals surface area contributed by atoms with Crippen LogP contribution in [-0.2, 0) is 13.2 Å². The number of fused-ring (bicyclic) bond motifs is 3. The molecule has 6 heteroatoms. The van der Waals surface area contributed by atoms with Gasteiger partial charge in [-0.15, -0.1) is 0 Å². The summed E-state index contributed by atoms with van der Waals surface area (Å²) in [6.07, 6.45) is 5.06. The molecule has 3 aromatic rings. The number of carbonyl (C=O) groups is 1. The van der Waals surface area contributed by atoms with Crippen LogP contribution >= 0.6 is 0 Å². The summed E-state index contributed by atoms with van der Waals surface area (Å²) < 4.78 is 7.62. The number of carbonyl (C=O) groups excluding carboxylic acids is 1. The van der Waals surface area contributed by atoms with E-state index in [-0.39, 0.29) is 5.91 Å². The van der Waals surface area contributed by atoms with E-state index in [4.69, 9.17) is 4.74 Å². The molecule has 6 nitrogen and oxygen atoms in total. The quantitative estimate of drug-likeness (QED) is 0.804. The van der Waals surface area contributed by atoms with E-state index in [9.17, 15) is 4.79 Å². The Balaban J connectivity index is 1.57. The van der Waals surface area contributed by atoms with Crippen molar-refractivity contribution in [3.63, 3.8) is 0 Å². The molecule has 1 aliphatic heterocycles. The Labute approximate surface area is 132 Å². The maximum absolute atomic E-state index is 12.4. The second-order valence-corrected chi connectivity index (χ2v) is 5.20. The lowest BCUT2D eigenvalue weighted by Gasteiger charge is -2.20. The summed E-state index contributed by atoms with van der Waals surface area (Å²) >= 11 is 0. The highest BCUT2D eigenvalue weighted by Crippen LogP contribution is 2.30. The van der Waals surface area contributed by atoms with Crippen molar-refractivity contribution in [3.8, 4) is 11.4 Å². The lowest BCUT2D eigenvalue weighted by atomic mass is 10.2. The molecule has 0 radical (unpaired) electrons. The van der Waals surface area contributed by atoms with Crippen molar-refractivity contribution < 1.29 is 9.53 Å². The van der Waals surface area contributed by atoms with Crippen LogP contribution in [0.5, 0.6) is 5.75 Å². The predicted octanol–water partition coefficient (Wildman–Crippen LogP) is 2.09. The first-order valence-corrected chi connectivity index (χ1v) is 7.28. The van der Waals surface area contributed by atoms with Crippen LogP contribution in [0.25, 0.3) is 5.69 Å². The van der Waals surface area contributed by atoms with Crippen LogP contribution in [0.15, 0.2) is 55.1 Å². The zero-order chi connectivity index (χ0) is 15.6. The molecule has 1 aromatic carbocycles. The number of hydrogen-bond donors (Lipinski definition) is 1. The first-order valence-electron chi connectivity index (χ1n) is 7.28. The third-order valence-corrected chi connectivity index (χ3v) is 3.77. The molecule has 4 rings (SSSR count). The van der Waals surface area contributed by atoms with Gasteiger partial charge in [-0.3, -0.25) is 14.3 Å². The van der Waals surface area contributed by atoms with E-state index in [1.807, 2.05) is 41.0 Å². The molecule has 23 heavy (non-hydrogen) atoms. The minimum atomic E-state index is -0.210. The normalized spacial score (nSPS) is 12.0. The number of hydrogen-bond acceptors (Lipinski definition) is 4. The van der Waals surface area contributed by atoms with Crippen molar-refractivity contribution in [3.05, 3.63) is 72.1 Å². The molecule has 0 bridgehead atoms. The average Bonchev–Trinajstić information content (AvgIpc) is 3.05. The van der Waals surface area contributed by atoms with Crippen LogP contribution in [-0.4, -0.2) is 20.4 Å². The highest BCUT2D eigenvalue weighted by Gasteiger charge is 2.24. The third kappa shape index (κ3) is 2.44. The van der Waals surface area contributed by atoms with Gasteiger partial charge < -0.3 is 10.1 Å². The SMILES string of the molecule is O=C(NCc1ccncc1)c1ncn2c1COc1ccccc1-2. The molecule has 2 aromatic heterocycles. The van der Waals surface area contributed by atoms with Crippen LogP contribution in [0.3, 0.4) is 0 Å². The van der Waals surface area contributed by atoms with Crippen molar-refractivity contribution in [1.29, 1.82) is 0 Å². The molecule has 0 atom stereocenters. The van der Waals surface area contributed by atoms with Crippen LogP contribution in [0.1, 0.15) is 21.7 Å². The fraction of sp³-hybridized carbons (Fsp3) is 0.118. The topological polar surface area (TPSA) is 69.0 Å². The van der Waals surface area contributed by atoms with Crippen molar-refractivity contribution in [1.82, 2.24) is 19.9 Å². The van der Waals surface area contributed by atoms with Gasteiger partial charge in [-0.05, 0) is 29.8 Å². The van der Waals surface area contributed by atoms with Crippen molar-refractivity contribution >= 4 is 5.91 Å². The van der Waals surface area contributed by atoms with Gasteiger partial charge in [0.1, 0.15) is 18.7 Å². The molecule has 1 amide bonds. The van der Waals surface area contributed by atoms with Gasteiger partial charge in [0.25, 0.3) is 5.91 Å². The standard InChI is InChI=1S/C17H14N4O2/c22-17(19-9-12-5-7-18-8-6-12)16-14-10-23-15-4-2-1-3-13(15)21(14)11-20-16/h1-8,11H,9-10H2,(H,19,22). The van der Waals surface area contributed by atoms with Gasteiger partial charge in [0, 0.05) is 18.9 Å². The van der Waals surface area contributed by atoms with Gasteiger partial charge in [-0.1, -0.05) is 12.1 Å². The number of nitrogens with zero attached hydrogens (tertiary/aromatic N) is 3. The highest BCUT2D eigenvalue weighted by molar-refractivity contribution is 5.93. The fourth-order valence-corrected chi connectivity index (χ4v) is 2.60. The molecule has 0 aliphatic carbocycles. The minimum absolute atomic E-state index is 0.210. The van der Waals surface area contributed by atoms with Crippen molar-refractivity contribution in [2.45, 2.75) is 13.2 Å². The number of pyridine rings is 1. The Kier molecular flexibility index (Phi) is 3.27. The largest absolute Gasteiger partial charge is 0.485 e. The van der Waals surface area contributed by atoms with E-state index in [0.29, 0.717) is 18.8 Å². The first kappa shape index (κ1) is 13.5. The lowest BCUT2D eigenvalue weighted by Crippen LogP contribution is -2.25. The van der Waals surface area contributed by atoms with Gasteiger partial charge >= 0.3 is 0 Å². The Hall–Kier alpha value is -3.15. The highest BCUT2D eigenvalue weighted by atomic mass is 16.5. The maximum atomic E-state index is 12.4. The zero-order valence-electron chi connectivity index (χ0n) is 12.3. The van der Waals surface area contributed by atoms with E-state index >= 15 is 0 Å². The molecule has 0 saturated heterocycles. The number of rotatable bonds is 3. The fourth-order valence-electron chi connectivity index (χ4n) is 2.60. The molecule has 114 valence electrons. The van der Waals surface area contributed by atoms with Crippen LogP contribution < -0.4 is 10.1 Å². The summed E-state index contributed by atoms with van der Waals surface area (Å²) in [4.78, 5) is 20.6. The molecule has 0 spiro atoms. The second-order valence-electron chi connectivity index (χ2n) is 5.20. The summed E-state index contributed by atoms with van der Waals surface area (Å²) in [5, 5.41) is 2.88. The number of ether oxygens (including phenoxy) is 1. The Morgan fingerprint density at radius 3 is 2.91 bits per heavy atom. The maximum Gasteiger partial charge on any atom is 0.272 e. The number of aromatic nitrogens is 3. The third-order valence-electron chi connectivity index (χ3n) is 3.77. The summed E-state index contributed by atoms with van der Waals surface area (Å²) in [7, 11) is 0. The Bertz CT molecular complexity index is 858. The number of benzene rings is 1. The zero-order valence-corrected chi connectivity index (χ0v) is 12.3. The smallest absolute Gasteiger partial charge is 0.272 e. The number of imidazole rings is 1.